The smallest absolute Gasteiger partial charge is 0.255 e. The van der Waals surface area contributed by atoms with E-state index < -0.39 is 0 Å². The van der Waals surface area contributed by atoms with Crippen molar-refractivity contribution in [2.24, 2.45) is 0 Å². The van der Waals surface area contributed by atoms with Gasteiger partial charge in [0.15, 0.2) is 5.78 Å². The largest absolute Gasteiger partial charge is 0.321 e. The van der Waals surface area contributed by atoms with Crippen LogP contribution in [0.2, 0.25) is 0 Å². The number of hydrogen-bond donors (Lipinski definition) is 1. The lowest BCUT2D eigenvalue weighted by atomic mass is 10.1. The summed E-state index contributed by atoms with van der Waals surface area (Å²) >= 11 is 0. The normalized spacial score (nSPS) is 10.3. The Bertz CT molecular complexity index is 659. The number of nitrogens with one attached hydrogen (secondary N) is 1. The SMILES string of the molecule is CCCCc1ccc(C(=O)Nc2ccccc2C(C)=O)cc1. The molecule has 0 bridgehead atoms. The Hall–Kier alpha value is -2.42. The zero-order valence-corrected chi connectivity index (χ0v) is 13.1. The molecule has 3 nitrogen and oxygen atoms in total. The first-order valence-corrected chi connectivity index (χ1v) is 7.62. The van der Waals surface area contributed by atoms with E-state index in [4.69, 9.17) is 0 Å². The van der Waals surface area contributed by atoms with Crippen LogP contribution in [0.1, 0.15) is 53.0 Å². The molecule has 0 unspecified atom stereocenters. The van der Waals surface area contributed by atoms with Crippen LogP contribution in [-0.2, 0) is 6.42 Å². The van der Waals surface area contributed by atoms with Crippen molar-refractivity contribution in [1.82, 2.24) is 0 Å². The van der Waals surface area contributed by atoms with E-state index in [0.717, 1.165) is 19.3 Å². The molecule has 0 aromatic heterocycles. The van der Waals surface area contributed by atoms with Gasteiger partial charge in [-0.3, -0.25) is 9.59 Å². The van der Waals surface area contributed by atoms with E-state index in [0.29, 0.717) is 16.8 Å². The highest BCUT2D eigenvalue weighted by Crippen LogP contribution is 2.17. The number of aryl methyl sites for hydroxylation is 1. The first kappa shape index (κ1) is 16.0. The van der Waals surface area contributed by atoms with Crippen LogP contribution in [0.3, 0.4) is 0 Å². The summed E-state index contributed by atoms with van der Waals surface area (Å²) in [5.74, 6) is -0.262. The van der Waals surface area contributed by atoms with Crippen LogP contribution in [0, 0.1) is 0 Å². The standard InChI is InChI=1S/C19H21NO2/c1-3-4-7-15-10-12-16(13-11-15)19(22)20-18-9-6-5-8-17(18)14(2)21/h5-6,8-13H,3-4,7H2,1-2H3,(H,20,22). The third-order valence-electron chi connectivity index (χ3n) is 3.59. The average molecular weight is 295 g/mol. The number of carbonyl (C=O) groups excluding carboxylic acids is 2. The number of amides is 1. The summed E-state index contributed by atoms with van der Waals surface area (Å²) in [5.41, 5.74) is 2.91. The van der Waals surface area contributed by atoms with Crippen molar-refractivity contribution < 1.29 is 9.59 Å². The maximum absolute atomic E-state index is 12.3. The molecule has 22 heavy (non-hydrogen) atoms. The summed E-state index contributed by atoms with van der Waals surface area (Å²) in [7, 11) is 0. The first-order valence-electron chi connectivity index (χ1n) is 7.62. The van der Waals surface area contributed by atoms with Crippen molar-refractivity contribution in [1.29, 1.82) is 0 Å². The highest BCUT2D eigenvalue weighted by Gasteiger charge is 2.11. The van der Waals surface area contributed by atoms with Gasteiger partial charge in [-0.1, -0.05) is 37.6 Å². The molecule has 0 aliphatic rings. The Labute approximate surface area is 131 Å². The molecule has 0 atom stereocenters. The molecule has 2 aromatic rings. The predicted octanol–water partition coefficient (Wildman–Crippen LogP) is 4.48. The van der Waals surface area contributed by atoms with Crippen LogP contribution in [0.4, 0.5) is 5.69 Å². The quantitative estimate of drug-likeness (QED) is 0.798. The number of carbonyl (C=O) groups is 2. The van der Waals surface area contributed by atoms with Crippen molar-refractivity contribution in [3.05, 3.63) is 65.2 Å². The van der Waals surface area contributed by atoms with Gasteiger partial charge in [0, 0.05) is 11.1 Å². The van der Waals surface area contributed by atoms with Gasteiger partial charge in [-0.15, -0.1) is 0 Å². The summed E-state index contributed by atoms with van der Waals surface area (Å²) in [6.45, 7) is 3.65. The van der Waals surface area contributed by atoms with Gasteiger partial charge in [-0.25, -0.2) is 0 Å². The Morgan fingerprint density at radius 2 is 1.68 bits per heavy atom. The molecule has 0 saturated heterocycles. The third-order valence-corrected chi connectivity index (χ3v) is 3.59. The molecule has 0 aliphatic heterocycles. The van der Waals surface area contributed by atoms with Gasteiger partial charge in [-0.05, 0) is 49.6 Å². The summed E-state index contributed by atoms with van der Waals surface area (Å²) in [6, 6.07) is 14.7. The summed E-state index contributed by atoms with van der Waals surface area (Å²) in [6.07, 6.45) is 3.34. The maximum atomic E-state index is 12.3. The molecule has 0 spiro atoms. The van der Waals surface area contributed by atoms with E-state index in [2.05, 4.69) is 12.2 Å². The van der Waals surface area contributed by atoms with E-state index in [1.54, 1.807) is 24.3 Å². The maximum Gasteiger partial charge on any atom is 0.255 e. The second-order valence-electron chi connectivity index (χ2n) is 5.36. The minimum atomic E-state index is -0.198. The molecule has 0 radical (unpaired) electrons. The molecule has 0 fully saturated rings. The molecular formula is C19H21NO2. The highest BCUT2D eigenvalue weighted by molar-refractivity contribution is 6.08. The lowest BCUT2D eigenvalue weighted by Gasteiger charge is -2.09. The molecule has 0 saturated carbocycles. The van der Waals surface area contributed by atoms with Crippen molar-refractivity contribution in [3.63, 3.8) is 0 Å². The summed E-state index contributed by atoms with van der Waals surface area (Å²) < 4.78 is 0. The lowest BCUT2D eigenvalue weighted by molar-refractivity contribution is 0.101. The van der Waals surface area contributed by atoms with Crippen LogP contribution >= 0.6 is 0 Å². The fourth-order valence-corrected chi connectivity index (χ4v) is 2.30. The molecule has 0 aliphatic carbocycles. The van der Waals surface area contributed by atoms with Crippen LogP contribution in [0.25, 0.3) is 0 Å². The highest BCUT2D eigenvalue weighted by atomic mass is 16.1. The molecular weight excluding hydrogens is 274 g/mol. The Morgan fingerprint density at radius 1 is 1.00 bits per heavy atom. The molecule has 2 rings (SSSR count). The fraction of sp³-hybridized carbons (Fsp3) is 0.263. The van der Waals surface area contributed by atoms with Crippen LogP contribution in [0.5, 0.6) is 0 Å². The molecule has 1 amide bonds. The van der Waals surface area contributed by atoms with Crippen molar-refractivity contribution >= 4 is 17.4 Å². The number of anilines is 1. The van der Waals surface area contributed by atoms with Crippen molar-refractivity contribution in [3.8, 4) is 0 Å². The number of ketones is 1. The average Bonchev–Trinajstić information content (AvgIpc) is 2.53. The number of para-hydroxylation sites is 1. The Morgan fingerprint density at radius 3 is 2.32 bits per heavy atom. The van der Waals surface area contributed by atoms with Gasteiger partial charge in [-0.2, -0.15) is 0 Å². The minimum absolute atomic E-state index is 0.0641. The Balaban J connectivity index is 2.11. The van der Waals surface area contributed by atoms with Crippen LogP contribution in [0.15, 0.2) is 48.5 Å². The van der Waals surface area contributed by atoms with E-state index in [9.17, 15) is 9.59 Å². The lowest BCUT2D eigenvalue weighted by Crippen LogP contribution is -2.14. The van der Waals surface area contributed by atoms with Crippen LogP contribution in [-0.4, -0.2) is 11.7 Å². The van der Waals surface area contributed by atoms with E-state index >= 15 is 0 Å². The second-order valence-corrected chi connectivity index (χ2v) is 5.36. The molecule has 114 valence electrons. The third kappa shape index (κ3) is 4.04. The van der Waals surface area contributed by atoms with Gasteiger partial charge < -0.3 is 5.32 Å². The van der Waals surface area contributed by atoms with Crippen molar-refractivity contribution in [2.45, 2.75) is 33.1 Å². The van der Waals surface area contributed by atoms with Gasteiger partial charge in [0.25, 0.3) is 5.91 Å². The van der Waals surface area contributed by atoms with E-state index in [1.807, 2.05) is 24.3 Å². The number of unbranched alkanes of at least 4 members (excludes halogenated alkanes) is 1. The van der Waals surface area contributed by atoms with Crippen LogP contribution < -0.4 is 5.32 Å². The molecule has 0 heterocycles. The molecule has 2 aromatic carbocycles. The zero-order valence-electron chi connectivity index (χ0n) is 13.1. The van der Waals surface area contributed by atoms with Crippen molar-refractivity contribution in [2.75, 3.05) is 5.32 Å². The van der Waals surface area contributed by atoms with E-state index in [1.165, 1.54) is 12.5 Å². The monoisotopic (exact) mass is 295 g/mol. The summed E-state index contributed by atoms with van der Waals surface area (Å²) in [4.78, 5) is 23.9. The van der Waals surface area contributed by atoms with E-state index in [-0.39, 0.29) is 11.7 Å². The Kier molecular flexibility index (Phi) is 5.48. The predicted molar refractivity (Wildman–Crippen MR) is 89.5 cm³/mol. The number of benzene rings is 2. The number of hydrogen-bond acceptors (Lipinski definition) is 2. The minimum Gasteiger partial charge on any atom is -0.321 e. The molecule has 1 N–H and O–H groups in total. The first-order chi connectivity index (χ1) is 10.6. The zero-order chi connectivity index (χ0) is 15.9. The topological polar surface area (TPSA) is 46.2 Å². The van der Waals surface area contributed by atoms with Gasteiger partial charge in [0.1, 0.15) is 0 Å². The van der Waals surface area contributed by atoms with Gasteiger partial charge >= 0.3 is 0 Å². The van der Waals surface area contributed by atoms with Gasteiger partial charge in [0.2, 0.25) is 0 Å². The molecule has 3 heteroatoms. The second kappa shape index (κ2) is 7.55. The fourth-order valence-electron chi connectivity index (χ4n) is 2.30. The summed E-state index contributed by atoms with van der Waals surface area (Å²) in [5, 5.41) is 2.81. The number of rotatable bonds is 6. The number of Topliss-reactive ketones (excluding diaryl/α,β-unsaturated/α-hetero) is 1. The van der Waals surface area contributed by atoms with Gasteiger partial charge in [0.05, 0.1) is 5.69 Å².